The zero-order chi connectivity index (χ0) is 15.0. The minimum atomic E-state index is -0.458. The number of rotatable bonds is 3. The molecule has 1 aromatic heterocycles. The Bertz CT molecular complexity index is 510. The smallest absolute Gasteiger partial charge is 0.274 e. The van der Waals surface area contributed by atoms with Gasteiger partial charge in [-0.25, -0.2) is 4.98 Å². The van der Waals surface area contributed by atoms with Gasteiger partial charge in [0.1, 0.15) is 5.69 Å². The standard InChI is InChI=1S/C15H24N4O2/c1-17-9-11(16-10-17)15(21)18(2)12-5-6-13(14(12)20)19-7-3-4-8-19/h9-10,12-14,20H,3-8H2,1-2H3/t12-,13-,14-/m1/s1. The highest BCUT2D eigenvalue weighted by Crippen LogP contribution is 2.30. The Labute approximate surface area is 125 Å². The Morgan fingerprint density at radius 1 is 1.38 bits per heavy atom. The van der Waals surface area contributed by atoms with Crippen molar-refractivity contribution in [3.63, 3.8) is 0 Å². The largest absolute Gasteiger partial charge is 0.389 e. The van der Waals surface area contributed by atoms with Crippen LogP contribution in [0.25, 0.3) is 0 Å². The van der Waals surface area contributed by atoms with E-state index in [-0.39, 0.29) is 18.0 Å². The van der Waals surface area contributed by atoms with E-state index in [9.17, 15) is 9.90 Å². The van der Waals surface area contributed by atoms with Crippen molar-refractivity contribution >= 4 is 5.91 Å². The number of likely N-dealkylation sites (N-methyl/N-ethyl adjacent to an activating group) is 1. The van der Waals surface area contributed by atoms with Crippen LogP contribution in [-0.4, -0.2) is 68.7 Å². The quantitative estimate of drug-likeness (QED) is 0.880. The van der Waals surface area contributed by atoms with Crippen molar-refractivity contribution in [3.05, 3.63) is 18.2 Å². The highest BCUT2D eigenvalue weighted by atomic mass is 16.3. The molecule has 3 atom stereocenters. The van der Waals surface area contributed by atoms with Crippen LogP contribution in [0.5, 0.6) is 0 Å². The van der Waals surface area contributed by atoms with Crippen LogP contribution in [0.1, 0.15) is 36.2 Å². The summed E-state index contributed by atoms with van der Waals surface area (Å²) in [5.74, 6) is -0.110. The molecule has 3 rings (SSSR count). The number of imidazole rings is 1. The van der Waals surface area contributed by atoms with E-state index in [2.05, 4.69) is 9.88 Å². The lowest BCUT2D eigenvalue weighted by Gasteiger charge is -2.31. The van der Waals surface area contributed by atoms with Gasteiger partial charge in [0.05, 0.1) is 18.5 Å². The van der Waals surface area contributed by atoms with Crippen molar-refractivity contribution in [2.75, 3.05) is 20.1 Å². The summed E-state index contributed by atoms with van der Waals surface area (Å²) >= 11 is 0. The number of likely N-dealkylation sites (tertiary alicyclic amines) is 1. The molecule has 1 N–H and O–H groups in total. The number of carbonyl (C=O) groups excluding carboxylic acids is 1. The zero-order valence-corrected chi connectivity index (χ0v) is 12.8. The number of hydrogen-bond donors (Lipinski definition) is 1. The van der Waals surface area contributed by atoms with Gasteiger partial charge in [-0.15, -0.1) is 0 Å². The number of amides is 1. The van der Waals surface area contributed by atoms with Crippen LogP contribution in [0, 0.1) is 0 Å². The summed E-state index contributed by atoms with van der Waals surface area (Å²) in [6.45, 7) is 2.15. The average molecular weight is 292 g/mol. The predicted octanol–water partition coefficient (Wildman–Crippen LogP) is 0.480. The molecule has 2 aliphatic rings. The fourth-order valence-corrected chi connectivity index (χ4v) is 3.69. The fourth-order valence-electron chi connectivity index (χ4n) is 3.69. The van der Waals surface area contributed by atoms with E-state index in [0.29, 0.717) is 5.69 Å². The number of aryl methyl sites for hydroxylation is 1. The molecule has 1 amide bonds. The fraction of sp³-hybridized carbons (Fsp3) is 0.733. The highest BCUT2D eigenvalue weighted by molar-refractivity contribution is 5.92. The van der Waals surface area contributed by atoms with E-state index in [4.69, 9.17) is 0 Å². The Balaban J connectivity index is 1.67. The number of hydrogen-bond acceptors (Lipinski definition) is 4. The first kappa shape index (κ1) is 14.5. The van der Waals surface area contributed by atoms with Crippen molar-refractivity contribution in [2.24, 2.45) is 7.05 Å². The molecule has 2 heterocycles. The molecule has 116 valence electrons. The van der Waals surface area contributed by atoms with Gasteiger partial charge in [0.25, 0.3) is 5.91 Å². The van der Waals surface area contributed by atoms with Gasteiger partial charge in [-0.1, -0.05) is 0 Å². The van der Waals surface area contributed by atoms with Gasteiger partial charge in [0, 0.05) is 26.3 Å². The van der Waals surface area contributed by atoms with Crippen LogP contribution in [0.4, 0.5) is 0 Å². The summed E-state index contributed by atoms with van der Waals surface area (Å²) in [7, 11) is 3.62. The SMILES string of the molecule is CN(C(=O)c1cn(C)cn1)[C@@H]1CC[C@@H](N2CCCC2)[C@@H]1O. The second kappa shape index (κ2) is 5.77. The van der Waals surface area contributed by atoms with Crippen LogP contribution >= 0.6 is 0 Å². The van der Waals surface area contributed by atoms with Crippen molar-refractivity contribution in [1.29, 1.82) is 0 Å². The van der Waals surface area contributed by atoms with Gasteiger partial charge in [-0.3, -0.25) is 9.69 Å². The molecular weight excluding hydrogens is 268 g/mol. The van der Waals surface area contributed by atoms with E-state index < -0.39 is 6.10 Å². The van der Waals surface area contributed by atoms with Gasteiger partial charge in [0.2, 0.25) is 0 Å². The van der Waals surface area contributed by atoms with E-state index in [0.717, 1.165) is 25.9 Å². The zero-order valence-electron chi connectivity index (χ0n) is 12.8. The molecule has 2 fully saturated rings. The first-order chi connectivity index (χ1) is 10.1. The third kappa shape index (κ3) is 2.70. The van der Waals surface area contributed by atoms with E-state index in [1.807, 2.05) is 7.05 Å². The molecule has 0 unspecified atom stereocenters. The second-order valence-electron chi connectivity index (χ2n) is 6.29. The minimum absolute atomic E-state index is 0.106. The van der Waals surface area contributed by atoms with Gasteiger partial charge in [-0.05, 0) is 38.8 Å². The number of aliphatic hydroxyl groups excluding tert-OH is 1. The highest BCUT2D eigenvalue weighted by Gasteiger charge is 2.42. The van der Waals surface area contributed by atoms with Crippen LogP contribution in [-0.2, 0) is 7.05 Å². The lowest BCUT2D eigenvalue weighted by Crippen LogP contribution is -2.48. The minimum Gasteiger partial charge on any atom is -0.389 e. The normalized spacial score (nSPS) is 30.0. The summed E-state index contributed by atoms with van der Waals surface area (Å²) < 4.78 is 1.76. The molecule has 21 heavy (non-hydrogen) atoms. The van der Waals surface area contributed by atoms with Crippen LogP contribution in [0.3, 0.4) is 0 Å². The maximum atomic E-state index is 12.4. The van der Waals surface area contributed by atoms with Crippen LogP contribution in [0.15, 0.2) is 12.5 Å². The summed E-state index contributed by atoms with van der Waals surface area (Å²) in [4.78, 5) is 20.6. The molecule has 1 aliphatic carbocycles. The summed E-state index contributed by atoms with van der Waals surface area (Å²) in [6, 6.07) is 0.0987. The molecule has 1 saturated heterocycles. The monoisotopic (exact) mass is 292 g/mol. The number of aliphatic hydroxyl groups is 1. The third-order valence-corrected chi connectivity index (χ3v) is 4.90. The molecule has 0 spiro atoms. The molecule has 1 saturated carbocycles. The molecule has 0 bridgehead atoms. The Morgan fingerprint density at radius 2 is 2.10 bits per heavy atom. The summed E-state index contributed by atoms with van der Waals surface area (Å²) in [6.07, 6.45) is 7.15. The van der Waals surface area contributed by atoms with Gasteiger partial charge in [-0.2, -0.15) is 0 Å². The van der Waals surface area contributed by atoms with Crippen LogP contribution in [0.2, 0.25) is 0 Å². The van der Waals surface area contributed by atoms with Gasteiger partial charge in [0.15, 0.2) is 0 Å². The van der Waals surface area contributed by atoms with Crippen molar-refractivity contribution in [2.45, 2.75) is 43.9 Å². The van der Waals surface area contributed by atoms with E-state index in [1.165, 1.54) is 12.8 Å². The Morgan fingerprint density at radius 3 is 2.71 bits per heavy atom. The first-order valence-electron chi connectivity index (χ1n) is 7.75. The molecule has 1 aliphatic heterocycles. The number of nitrogens with zero attached hydrogens (tertiary/aromatic N) is 4. The predicted molar refractivity (Wildman–Crippen MR) is 78.9 cm³/mol. The van der Waals surface area contributed by atoms with Crippen molar-refractivity contribution in [1.82, 2.24) is 19.4 Å². The molecule has 6 heteroatoms. The number of aromatic nitrogens is 2. The van der Waals surface area contributed by atoms with Crippen molar-refractivity contribution in [3.8, 4) is 0 Å². The number of carbonyl (C=O) groups is 1. The topological polar surface area (TPSA) is 61.6 Å². The maximum absolute atomic E-state index is 12.4. The van der Waals surface area contributed by atoms with Crippen LogP contribution < -0.4 is 0 Å². The van der Waals surface area contributed by atoms with Crippen molar-refractivity contribution < 1.29 is 9.90 Å². The maximum Gasteiger partial charge on any atom is 0.274 e. The summed E-state index contributed by atoms with van der Waals surface area (Å²) in [5, 5.41) is 10.6. The van der Waals surface area contributed by atoms with Gasteiger partial charge >= 0.3 is 0 Å². The lowest BCUT2D eigenvalue weighted by molar-refractivity contribution is 0.0293. The summed E-state index contributed by atoms with van der Waals surface area (Å²) in [5.41, 5.74) is 0.442. The molecule has 6 nitrogen and oxygen atoms in total. The second-order valence-corrected chi connectivity index (χ2v) is 6.29. The van der Waals surface area contributed by atoms with Gasteiger partial charge < -0.3 is 14.6 Å². The lowest BCUT2D eigenvalue weighted by atomic mass is 10.1. The van der Waals surface area contributed by atoms with E-state index >= 15 is 0 Å². The average Bonchev–Trinajstić information content (AvgIpc) is 3.17. The Kier molecular flexibility index (Phi) is 3.99. The third-order valence-electron chi connectivity index (χ3n) is 4.90. The first-order valence-corrected chi connectivity index (χ1v) is 7.75. The Hall–Kier alpha value is -1.40. The molecular formula is C15H24N4O2. The molecule has 0 radical (unpaired) electrons. The van der Waals surface area contributed by atoms with E-state index in [1.54, 1.807) is 29.0 Å². The molecule has 1 aromatic rings. The molecule has 0 aromatic carbocycles.